The molecule has 0 amide bonds. The van der Waals surface area contributed by atoms with Gasteiger partial charge in [-0.05, 0) is 12.7 Å². The van der Waals surface area contributed by atoms with E-state index in [2.05, 4.69) is 17.1 Å². The van der Waals surface area contributed by atoms with Crippen molar-refractivity contribution in [3.8, 4) is 0 Å². The summed E-state index contributed by atoms with van der Waals surface area (Å²) < 4.78 is 2.19. The molecule has 0 fully saturated rings. The average molecular weight is 248 g/mol. The summed E-state index contributed by atoms with van der Waals surface area (Å²) in [5.74, 6) is 1.18. The van der Waals surface area contributed by atoms with Crippen LogP contribution in [-0.4, -0.2) is 22.2 Å². The van der Waals surface area contributed by atoms with Crippen LogP contribution in [0.2, 0.25) is 0 Å². The maximum absolute atomic E-state index is 4.12. The highest BCUT2D eigenvalue weighted by Crippen LogP contribution is 2.27. The molecule has 0 aliphatic carbocycles. The second-order valence-corrected chi connectivity index (χ2v) is 6.32. The highest BCUT2D eigenvalue weighted by atomic mass is 32.2. The lowest BCUT2D eigenvalue weighted by atomic mass is 10.2. The van der Waals surface area contributed by atoms with E-state index in [1.165, 1.54) is 31.4 Å². The maximum atomic E-state index is 4.12. The van der Waals surface area contributed by atoms with Crippen molar-refractivity contribution in [2.75, 3.05) is 12.0 Å². The molecule has 1 rings (SSSR count). The number of rotatable bonds is 7. The molecule has 0 bridgehead atoms. The molecule has 1 aromatic heterocycles. The standard InChI is InChI=1S/C9H16N2S3/c1-3-4-5-6-7-13-9-11-10-8(12-2)14-9/h3-7H2,1-2H3. The van der Waals surface area contributed by atoms with Crippen LogP contribution in [0.3, 0.4) is 0 Å². The average Bonchev–Trinajstić information content (AvgIpc) is 2.65. The van der Waals surface area contributed by atoms with Gasteiger partial charge in [0.15, 0.2) is 8.68 Å². The Balaban J connectivity index is 2.12. The molecule has 0 radical (unpaired) electrons. The summed E-state index contributed by atoms with van der Waals surface area (Å²) in [6.07, 6.45) is 7.34. The Morgan fingerprint density at radius 1 is 1.14 bits per heavy atom. The third-order valence-electron chi connectivity index (χ3n) is 1.79. The van der Waals surface area contributed by atoms with Gasteiger partial charge in [0.1, 0.15) is 0 Å². The predicted molar refractivity (Wildman–Crippen MR) is 66.6 cm³/mol. The molecule has 14 heavy (non-hydrogen) atoms. The molecule has 2 nitrogen and oxygen atoms in total. The first-order chi connectivity index (χ1) is 6.86. The van der Waals surface area contributed by atoms with Crippen LogP contribution in [0.25, 0.3) is 0 Å². The van der Waals surface area contributed by atoms with Gasteiger partial charge in [-0.1, -0.05) is 61.0 Å². The van der Waals surface area contributed by atoms with Crippen LogP contribution in [0.15, 0.2) is 8.68 Å². The van der Waals surface area contributed by atoms with Gasteiger partial charge in [-0.3, -0.25) is 0 Å². The Morgan fingerprint density at radius 3 is 2.57 bits per heavy atom. The monoisotopic (exact) mass is 248 g/mol. The fourth-order valence-electron chi connectivity index (χ4n) is 1.03. The van der Waals surface area contributed by atoms with Crippen LogP contribution in [-0.2, 0) is 0 Å². The van der Waals surface area contributed by atoms with E-state index in [0.717, 1.165) is 8.68 Å². The second-order valence-electron chi connectivity index (χ2n) is 2.95. The van der Waals surface area contributed by atoms with Crippen LogP contribution in [0.5, 0.6) is 0 Å². The smallest absolute Gasteiger partial charge is 0.131 e. The summed E-state index contributed by atoms with van der Waals surface area (Å²) in [5.41, 5.74) is 0. The first-order valence-electron chi connectivity index (χ1n) is 4.87. The van der Waals surface area contributed by atoms with Crippen LogP contribution in [0, 0.1) is 0 Å². The highest BCUT2D eigenvalue weighted by molar-refractivity contribution is 8.02. The van der Waals surface area contributed by atoms with Gasteiger partial charge in [0.05, 0.1) is 0 Å². The Kier molecular flexibility index (Phi) is 6.64. The molecule has 0 unspecified atom stereocenters. The molecule has 0 aliphatic heterocycles. The predicted octanol–water partition coefficient (Wildman–Crippen LogP) is 3.93. The number of aromatic nitrogens is 2. The van der Waals surface area contributed by atoms with Crippen LogP contribution in [0.4, 0.5) is 0 Å². The SMILES string of the molecule is CCCCCCSc1nnc(SC)s1. The Bertz CT molecular complexity index is 250. The van der Waals surface area contributed by atoms with E-state index in [-0.39, 0.29) is 0 Å². The quantitative estimate of drug-likeness (QED) is 0.539. The van der Waals surface area contributed by atoms with Crippen molar-refractivity contribution in [1.82, 2.24) is 10.2 Å². The van der Waals surface area contributed by atoms with Gasteiger partial charge >= 0.3 is 0 Å². The molecule has 0 aliphatic rings. The van der Waals surface area contributed by atoms with Gasteiger partial charge in [0.25, 0.3) is 0 Å². The Morgan fingerprint density at radius 2 is 1.93 bits per heavy atom. The van der Waals surface area contributed by atoms with E-state index < -0.39 is 0 Å². The molecular weight excluding hydrogens is 232 g/mol. The second kappa shape index (κ2) is 7.54. The fraction of sp³-hybridized carbons (Fsp3) is 0.778. The van der Waals surface area contributed by atoms with Crippen LogP contribution >= 0.6 is 34.9 Å². The summed E-state index contributed by atoms with van der Waals surface area (Å²) in [4.78, 5) is 0. The molecule has 1 heterocycles. The van der Waals surface area contributed by atoms with Crippen molar-refractivity contribution in [2.45, 2.75) is 41.3 Å². The lowest BCUT2D eigenvalue weighted by molar-refractivity contribution is 0.706. The van der Waals surface area contributed by atoms with Crippen LogP contribution < -0.4 is 0 Å². The van der Waals surface area contributed by atoms with Crippen molar-refractivity contribution in [1.29, 1.82) is 0 Å². The van der Waals surface area contributed by atoms with Gasteiger partial charge in [0.2, 0.25) is 0 Å². The number of unbranched alkanes of at least 4 members (excludes halogenated alkanes) is 3. The number of hydrogen-bond donors (Lipinski definition) is 0. The molecule has 0 N–H and O–H groups in total. The van der Waals surface area contributed by atoms with E-state index in [1.54, 1.807) is 23.1 Å². The Labute approximate surface area is 98.3 Å². The lowest BCUT2D eigenvalue weighted by Crippen LogP contribution is -1.80. The third-order valence-corrected chi connectivity index (χ3v) is 4.90. The fourth-order valence-corrected chi connectivity index (χ4v) is 3.53. The van der Waals surface area contributed by atoms with E-state index in [9.17, 15) is 0 Å². The minimum absolute atomic E-state index is 1.07. The van der Waals surface area contributed by atoms with Crippen molar-refractivity contribution in [2.24, 2.45) is 0 Å². The summed E-state index contributed by atoms with van der Waals surface area (Å²) in [7, 11) is 0. The van der Waals surface area contributed by atoms with Crippen molar-refractivity contribution >= 4 is 34.9 Å². The molecule has 0 spiro atoms. The zero-order valence-corrected chi connectivity index (χ0v) is 11.1. The Hall–Kier alpha value is 0.260. The molecule has 0 saturated heterocycles. The number of thioether (sulfide) groups is 2. The molecular formula is C9H16N2S3. The van der Waals surface area contributed by atoms with E-state index >= 15 is 0 Å². The molecule has 5 heteroatoms. The minimum atomic E-state index is 1.07. The van der Waals surface area contributed by atoms with E-state index in [1.807, 2.05) is 18.0 Å². The maximum Gasteiger partial charge on any atom is 0.175 e. The molecule has 0 saturated carbocycles. The molecule has 0 aromatic carbocycles. The van der Waals surface area contributed by atoms with Gasteiger partial charge in [-0.25, -0.2) is 0 Å². The summed E-state index contributed by atoms with van der Waals surface area (Å²) in [6.45, 7) is 2.24. The highest BCUT2D eigenvalue weighted by Gasteiger charge is 2.02. The first-order valence-corrected chi connectivity index (χ1v) is 7.89. The lowest BCUT2D eigenvalue weighted by Gasteiger charge is -1.96. The summed E-state index contributed by atoms with van der Waals surface area (Å²) in [6, 6.07) is 0. The first kappa shape index (κ1) is 12.3. The van der Waals surface area contributed by atoms with Crippen molar-refractivity contribution in [3.63, 3.8) is 0 Å². The largest absolute Gasteiger partial charge is 0.175 e. The van der Waals surface area contributed by atoms with Crippen LogP contribution in [0.1, 0.15) is 32.6 Å². The van der Waals surface area contributed by atoms with E-state index in [0.29, 0.717) is 0 Å². The number of nitrogens with zero attached hydrogens (tertiary/aromatic N) is 2. The zero-order valence-electron chi connectivity index (χ0n) is 8.65. The summed E-state index contributed by atoms with van der Waals surface area (Å²) >= 11 is 5.21. The molecule has 0 atom stereocenters. The van der Waals surface area contributed by atoms with Gasteiger partial charge in [0, 0.05) is 5.75 Å². The minimum Gasteiger partial charge on any atom is -0.131 e. The number of hydrogen-bond acceptors (Lipinski definition) is 5. The van der Waals surface area contributed by atoms with Gasteiger partial charge in [-0.2, -0.15) is 0 Å². The van der Waals surface area contributed by atoms with Gasteiger partial charge < -0.3 is 0 Å². The van der Waals surface area contributed by atoms with Crippen molar-refractivity contribution < 1.29 is 0 Å². The van der Waals surface area contributed by atoms with Gasteiger partial charge in [-0.15, -0.1) is 10.2 Å². The summed E-state index contributed by atoms with van der Waals surface area (Å²) in [5, 5.41) is 8.18. The zero-order chi connectivity index (χ0) is 10.2. The molecule has 80 valence electrons. The normalized spacial score (nSPS) is 10.7. The third kappa shape index (κ3) is 4.66. The van der Waals surface area contributed by atoms with Crippen molar-refractivity contribution in [3.05, 3.63) is 0 Å². The van der Waals surface area contributed by atoms with E-state index in [4.69, 9.17) is 0 Å². The topological polar surface area (TPSA) is 25.8 Å². The molecule has 1 aromatic rings.